The monoisotopic (exact) mass is 177 g/mol. The Morgan fingerprint density at radius 3 is 2.80 bits per heavy atom. The van der Waals surface area contributed by atoms with Crippen molar-refractivity contribution in [3.63, 3.8) is 0 Å². The molecule has 0 bridgehead atoms. The number of thiophene rings is 1. The van der Waals surface area contributed by atoms with Gasteiger partial charge in [-0.2, -0.15) is 0 Å². The van der Waals surface area contributed by atoms with Crippen molar-refractivity contribution in [1.29, 1.82) is 0 Å². The summed E-state index contributed by atoms with van der Waals surface area (Å²) in [5.74, 6) is 0. The highest BCUT2D eigenvalue weighted by atomic mass is 35.5. The summed E-state index contributed by atoms with van der Waals surface area (Å²) in [6.45, 7) is 0.0246. The quantitative estimate of drug-likeness (QED) is 0.697. The van der Waals surface area contributed by atoms with E-state index in [2.05, 4.69) is 0 Å². The van der Waals surface area contributed by atoms with E-state index in [1.807, 2.05) is 19.2 Å². The van der Waals surface area contributed by atoms with Crippen LogP contribution in [-0.2, 0) is 0 Å². The molecule has 0 spiro atoms. The zero-order valence-electron chi connectivity index (χ0n) is 5.54. The van der Waals surface area contributed by atoms with Gasteiger partial charge in [0.15, 0.2) is 0 Å². The molecule has 4 heteroatoms. The average Bonchev–Trinajstić information content (AvgIpc) is 2.34. The number of hydrogen-bond donors (Lipinski definition) is 1. The maximum Gasteiger partial charge on any atom is 0.116 e. The third-order valence-electron chi connectivity index (χ3n) is 1.15. The van der Waals surface area contributed by atoms with Crippen LogP contribution in [0.3, 0.4) is 0 Å². The molecule has 1 N–H and O–H groups in total. The molecule has 1 aromatic heterocycles. The summed E-state index contributed by atoms with van der Waals surface area (Å²) in [5, 5.41) is 9.67. The van der Waals surface area contributed by atoms with Gasteiger partial charge in [0.2, 0.25) is 0 Å². The topological polar surface area (TPSA) is 23.5 Å². The lowest BCUT2D eigenvalue weighted by molar-refractivity contribution is 0.299. The molecule has 0 aliphatic carbocycles. The van der Waals surface area contributed by atoms with Crippen molar-refractivity contribution in [1.82, 2.24) is 0 Å². The van der Waals surface area contributed by atoms with Gasteiger partial charge in [0.05, 0.1) is 9.34 Å². The van der Waals surface area contributed by atoms with Gasteiger partial charge in [0.1, 0.15) is 6.73 Å². The highest BCUT2D eigenvalue weighted by molar-refractivity contribution is 7.19. The van der Waals surface area contributed by atoms with Crippen molar-refractivity contribution in [3.05, 3.63) is 16.5 Å². The summed E-state index contributed by atoms with van der Waals surface area (Å²) in [6.07, 6.45) is 0. The van der Waals surface area contributed by atoms with Crippen LogP contribution in [0.2, 0.25) is 4.34 Å². The highest BCUT2D eigenvalue weighted by Gasteiger charge is 2.00. The first kappa shape index (κ1) is 7.85. The SMILES string of the molecule is CN(CO)c1ccc(Cl)s1. The van der Waals surface area contributed by atoms with Crippen LogP contribution in [0.1, 0.15) is 0 Å². The van der Waals surface area contributed by atoms with Crippen molar-refractivity contribution in [2.24, 2.45) is 0 Å². The number of hydrogen-bond acceptors (Lipinski definition) is 3. The molecule has 1 rings (SSSR count). The Hall–Kier alpha value is -0.250. The van der Waals surface area contributed by atoms with Crippen molar-refractivity contribution in [2.75, 3.05) is 18.7 Å². The van der Waals surface area contributed by atoms with E-state index >= 15 is 0 Å². The normalized spacial score (nSPS) is 9.90. The molecular weight excluding hydrogens is 170 g/mol. The van der Waals surface area contributed by atoms with E-state index in [0.29, 0.717) is 0 Å². The Morgan fingerprint density at radius 2 is 2.40 bits per heavy atom. The van der Waals surface area contributed by atoms with Crippen LogP contribution < -0.4 is 4.90 Å². The lowest BCUT2D eigenvalue weighted by atomic mass is 10.6. The van der Waals surface area contributed by atoms with Gasteiger partial charge in [-0.3, -0.25) is 0 Å². The summed E-state index contributed by atoms with van der Waals surface area (Å²) in [6, 6.07) is 3.69. The van der Waals surface area contributed by atoms with Gasteiger partial charge in [-0.1, -0.05) is 11.6 Å². The minimum Gasteiger partial charge on any atom is -0.376 e. The van der Waals surface area contributed by atoms with E-state index in [0.717, 1.165) is 9.34 Å². The van der Waals surface area contributed by atoms with E-state index < -0.39 is 0 Å². The minimum absolute atomic E-state index is 0.0246. The molecule has 0 unspecified atom stereocenters. The van der Waals surface area contributed by atoms with Crippen molar-refractivity contribution < 1.29 is 5.11 Å². The number of nitrogens with zero attached hydrogens (tertiary/aromatic N) is 1. The first-order valence-corrected chi connectivity index (χ1v) is 4.01. The number of aliphatic hydroxyl groups excluding tert-OH is 1. The van der Waals surface area contributed by atoms with Gasteiger partial charge < -0.3 is 10.0 Å². The standard InChI is InChI=1S/C6H8ClNOS/c1-8(4-9)6-3-2-5(7)10-6/h2-3,9H,4H2,1H3. The largest absolute Gasteiger partial charge is 0.376 e. The molecule has 56 valence electrons. The van der Waals surface area contributed by atoms with Crippen molar-refractivity contribution in [3.8, 4) is 0 Å². The summed E-state index contributed by atoms with van der Waals surface area (Å²) < 4.78 is 0.746. The molecule has 1 aromatic rings. The predicted octanol–water partition coefficient (Wildman–Crippen LogP) is 1.79. The van der Waals surface area contributed by atoms with Crippen LogP contribution in [0, 0.1) is 0 Å². The van der Waals surface area contributed by atoms with E-state index in [9.17, 15) is 0 Å². The second kappa shape index (κ2) is 3.23. The van der Waals surface area contributed by atoms with Crippen LogP contribution in [0.25, 0.3) is 0 Å². The van der Waals surface area contributed by atoms with Crippen LogP contribution in [0.5, 0.6) is 0 Å². The van der Waals surface area contributed by atoms with Crippen molar-refractivity contribution >= 4 is 27.9 Å². The van der Waals surface area contributed by atoms with E-state index in [-0.39, 0.29) is 6.73 Å². The van der Waals surface area contributed by atoms with E-state index in [1.54, 1.807) is 4.90 Å². The Labute approximate surface area is 68.7 Å². The summed E-state index contributed by atoms with van der Waals surface area (Å²) in [7, 11) is 1.81. The number of halogens is 1. The molecule has 0 aromatic carbocycles. The Kier molecular flexibility index (Phi) is 2.54. The van der Waals surface area contributed by atoms with Crippen LogP contribution in [0.4, 0.5) is 5.00 Å². The lowest BCUT2D eigenvalue weighted by Crippen LogP contribution is -2.15. The van der Waals surface area contributed by atoms with Crippen LogP contribution in [0.15, 0.2) is 12.1 Å². The first-order valence-electron chi connectivity index (χ1n) is 2.81. The molecule has 1 heterocycles. The van der Waals surface area contributed by atoms with E-state index in [1.165, 1.54) is 11.3 Å². The van der Waals surface area contributed by atoms with Gasteiger partial charge in [-0.25, -0.2) is 0 Å². The number of rotatable bonds is 2. The summed E-state index contributed by atoms with van der Waals surface area (Å²) >= 11 is 7.12. The fraction of sp³-hybridized carbons (Fsp3) is 0.333. The number of aliphatic hydroxyl groups is 1. The van der Waals surface area contributed by atoms with Gasteiger partial charge in [-0.05, 0) is 12.1 Å². The molecule has 2 nitrogen and oxygen atoms in total. The number of anilines is 1. The Morgan fingerprint density at radius 1 is 1.70 bits per heavy atom. The molecule has 0 saturated carbocycles. The van der Waals surface area contributed by atoms with Crippen LogP contribution >= 0.6 is 22.9 Å². The lowest BCUT2D eigenvalue weighted by Gasteiger charge is -2.11. The molecule has 10 heavy (non-hydrogen) atoms. The fourth-order valence-corrected chi connectivity index (χ4v) is 1.57. The minimum atomic E-state index is 0.0246. The fourth-order valence-electron chi connectivity index (χ4n) is 0.580. The zero-order valence-corrected chi connectivity index (χ0v) is 7.11. The maximum atomic E-state index is 8.69. The summed E-state index contributed by atoms with van der Waals surface area (Å²) in [4.78, 5) is 1.72. The van der Waals surface area contributed by atoms with Gasteiger partial charge >= 0.3 is 0 Å². The predicted molar refractivity (Wildman–Crippen MR) is 44.8 cm³/mol. The zero-order chi connectivity index (χ0) is 7.56. The third kappa shape index (κ3) is 1.62. The van der Waals surface area contributed by atoms with Crippen molar-refractivity contribution in [2.45, 2.75) is 0 Å². The highest BCUT2D eigenvalue weighted by Crippen LogP contribution is 2.28. The first-order chi connectivity index (χ1) is 4.74. The van der Waals surface area contributed by atoms with Gasteiger partial charge in [-0.15, -0.1) is 11.3 Å². The summed E-state index contributed by atoms with van der Waals surface area (Å²) in [5.41, 5.74) is 0. The van der Waals surface area contributed by atoms with E-state index in [4.69, 9.17) is 16.7 Å². The second-order valence-corrected chi connectivity index (χ2v) is 3.61. The van der Waals surface area contributed by atoms with Crippen LogP contribution in [-0.4, -0.2) is 18.9 Å². The van der Waals surface area contributed by atoms with Gasteiger partial charge in [0.25, 0.3) is 0 Å². The Bertz CT molecular complexity index is 213. The molecule has 0 fully saturated rings. The molecule has 0 aliphatic rings. The third-order valence-corrected chi connectivity index (χ3v) is 2.49. The molecule has 0 radical (unpaired) electrons. The second-order valence-electron chi connectivity index (χ2n) is 1.92. The molecule has 0 atom stereocenters. The molecule has 0 amide bonds. The molecule has 0 saturated heterocycles. The average molecular weight is 178 g/mol. The Balaban J connectivity index is 2.74. The molecule has 0 aliphatic heterocycles. The van der Waals surface area contributed by atoms with Gasteiger partial charge in [0, 0.05) is 7.05 Å². The molecular formula is C6H8ClNOS. The smallest absolute Gasteiger partial charge is 0.116 e. The maximum absolute atomic E-state index is 8.69.